The Kier molecular flexibility index (Phi) is 6.69. The molecule has 2 saturated heterocycles. The maximum absolute atomic E-state index is 14.9. The molecule has 0 radical (unpaired) electrons. The van der Waals surface area contributed by atoms with E-state index in [4.69, 9.17) is 10.6 Å². The first-order chi connectivity index (χ1) is 15.2. The lowest BCUT2D eigenvalue weighted by Crippen LogP contribution is -2.59. The van der Waals surface area contributed by atoms with Gasteiger partial charge in [0.1, 0.15) is 11.9 Å². The lowest BCUT2D eigenvalue weighted by atomic mass is 9.88. The fraction of sp³-hybridized carbons (Fsp3) is 0.500. The van der Waals surface area contributed by atoms with Crippen LogP contribution in [0, 0.1) is 17.1 Å². The van der Waals surface area contributed by atoms with E-state index in [9.17, 15) is 24.0 Å². The zero-order chi connectivity index (χ0) is 23.5. The molecule has 1 aromatic rings. The molecule has 2 aliphatic rings. The van der Waals surface area contributed by atoms with Gasteiger partial charge in [0.15, 0.2) is 5.54 Å². The predicted molar refractivity (Wildman–Crippen MR) is 111 cm³/mol. The van der Waals surface area contributed by atoms with Gasteiger partial charge in [-0.05, 0) is 18.2 Å². The average molecular weight is 448 g/mol. The van der Waals surface area contributed by atoms with Gasteiger partial charge in [0.2, 0.25) is 5.91 Å². The molecule has 2 fully saturated rings. The second kappa shape index (κ2) is 9.27. The first kappa shape index (κ1) is 23.1. The molecule has 2 aliphatic heterocycles. The van der Waals surface area contributed by atoms with E-state index in [-0.39, 0.29) is 31.8 Å². The van der Waals surface area contributed by atoms with E-state index in [0.29, 0.717) is 24.5 Å². The van der Waals surface area contributed by atoms with Gasteiger partial charge in [-0.25, -0.2) is 24.8 Å². The number of hydrazine groups is 1. The topological polar surface area (TPSA) is 141 Å². The number of carbonyl (C=O) groups excluding carboxylic acids is 3. The van der Waals surface area contributed by atoms with Crippen LogP contribution in [-0.4, -0.2) is 68.0 Å². The van der Waals surface area contributed by atoms with Crippen LogP contribution in [0.4, 0.5) is 25.4 Å². The van der Waals surface area contributed by atoms with Gasteiger partial charge in [0.25, 0.3) is 0 Å². The monoisotopic (exact) mass is 448 g/mol. The summed E-state index contributed by atoms with van der Waals surface area (Å²) in [5, 5.41) is 13.0. The van der Waals surface area contributed by atoms with Crippen LogP contribution in [0.5, 0.6) is 0 Å². The second-order valence-corrected chi connectivity index (χ2v) is 7.66. The van der Waals surface area contributed by atoms with E-state index in [1.165, 1.54) is 25.0 Å². The van der Waals surface area contributed by atoms with Gasteiger partial charge in [0.05, 0.1) is 37.6 Å². The Morgan fingerprint density at radius 3 is 2.69 bits per heavy atom. The molecule has 0 aromatic heterocycles. The number of amides is 3. The Bertz CT molecular complexity index is 943. The largest absolute Gasteiger partial charge is 0.452 e. The summed E-state index contributed by atoms with van der Waals surface area (Å²) in [6, 6.07) is 6.49. The van der Waals surface area contributed by atoms with Crippen molar-refractivity contribution in [1.29, 1.82) is 5.26 Å². The van der Waals surface area contributed by atoms with E-state index in [0.717, 1.165) is 5.01 Å². The smallest absolute Gasteiger partial charge is 0.425 e. The molecule has 0 unspecified atom stereocenters. The van der Waals surface area contributed by atoms with E-state index >= 15 is 0 Å². The predicted octanol–water partition coefficient (Wildman–Crippen LogP) is 1.09. The van der Waals surface area contributed by atoms with Crippen molar-refractivity contribution < 1.29 is 28.2 Å². The third-order valence-electron chi connectivity index (χ3n) is 5.67. The average Bonchev–Trinajstić information content (AvgIpc) is 3.17. The zero-order valence-electron chi connectivity index (χ0n) is 17.8. The Morgan fingerprint density at radius 1 is 1.44 bits per heavy atom. The summed E-state index contributed by atoms with van der Waals surface area (Å²) < 4.78 is 24.7. The van der Waals surface area contributed by atoms with Crippen LogP contribution in [0.15, 0.2) is 18.2 Å². The van der Waals surface area contributed by atoms with Gasteiger partial charge in [-0.1, -0.05) is 0 Å². The van der Waals surface area contributed by atoms with Crippen LogP contribution >= 0.6 is 0 Å². The molecular weight excluding hydrogens is 423 g/mol. The Hall–Kier alpha value is -3.59. The number of carbonyl (C=O) groups is 3. The molecule has 3 N–H and O–H groups in total. The lowest BCUT2D eigenvalue weighted by molar-refractivity contribution is -0.119. The highest BCUT2D eigenvalue weighted by Gasteiger charge is 2.43. The molecule has 32 heavy (non-hydrogen) atoms. The lowest BCUT2D eigenvalue weighted by Gasteiger charge is -2.42. The molecule has 1 aromatic carbocycles. The molecule has 0 saturated carbocycles. The van der Waals surface area contributed by atoms with E-state index in [1.807, 2.05) is 0 Å². The maximum atomic E-state index is 14.9. The second-order valence-electron chi connectivity index (χ2n) is 7.66. The summed E-state index contributed by atoms with van der Waals surface area (Å²) in [7, 11) is 1.18. The van der Waals surface area contributed by atoms with Crippen molar-refractivity contribution in [2.24, 2.45) is 5.84 Å². The highest BCUT2D eigenvalue weighted by atomic mass is 19.1. The molecule has 0 spiro atoms. The minimum absolute atomic E-state index is 0.177. The number of nitriles is 1. The van der Waals surface area contributed by atoms with E-state index in [1.54, 1.807) is 17.0 Å². The van der Waals surface area contributed by atoms with Crippen LogP contribution in [0.25, 0.3) is 0 Å². The highest BCUT2D eigenvalue weighted by molar-refractivity contribution is 5.90. The number of benzene rings is 1. The van der Waals surface area contributed by atoms with Crippen LogP contribution < -0.4 is 21.0 Å². The fourth-order valence-electron chi connectivity index (χ4n) is 3.81. The van der Waals surface area contributed by atoms with E-state index in [2.05, 4.69) is 16.1 Å². The minimum atomic E-state index is -1.23. The van der Waals surface area contributed by atoms with Gasteiger partial charge in [-0.2, -0.15) is 5.26 Å². The molecule has 2 heterocycles. The Labute approximate surface area is 184 Å². The number of methoxy groups -OCH3 is 1. The van der Waals surface area contributed by atoms with Crippen molar-refractivity contribution in [3.05, 3.63) is 24.0 Å². The first-order valence-corrected chi connectivity index (χ1v) is 10.0. The van der Waals surface area contributed by atoms with Crippen LogP contribution in [-0.2, 0) is 14.3 Å². The summed E-state index contributed by atoms with van der Waals surface area (Å²) in [5.41, 5.74) is -0.588. The number of nitrogens with one attached hydrogen (secondary N) is 1. The van der Waals surface area contributed by atoms with Crippen molar-refractivity contribution in [2.45, 2.75) is 31.4 Å². The quantitative estimate of drug-likeness (QED) is 0.387. The highest BCUT2D eigenvalue weighted by Crippen LogP contribution is 2.33. The van der Waals surface area contributed by atoms with Gasteiger partial charge in [0, 0.05) is 32.9 Å². The molecule has 1 atom stereocenters. The molecule has 3 rings (SSSR count). The van der Waals surface area contributed by atoms with Crippen molar-refractivity contribution in [3.63, 3.8) is 0 Å². The SMILES string of the molecule is COC(=O)N(N)C1(C#N)CCN(c2ccc(N3C[C@H](CNC(C)=O)OC3=O)cc2F)CC1. The molecule has 3 amide bonds. The summed E-state index contributed by atoms with van der Waals surface area (Å²) in [6.45, 7) is 2.31. The van der Waals surface area contributed by atoms with Gasteiger partial charge >= 0.3 is 12.2 Å². The number of rotatable bonds is 5. The molecule has 11 nitrogen and oxygen atoms in total. The number of ether oxygens (including phenoxy) is 2. The molecule has 0 aliphatic carbocycles. The third-order valence-corrected chi connectivity index (χ3v) is 5.67. The fourth-order valence-corrected chi connectivity index (χ4v) is 3.81. The van der Waals surface area contributed by atoms with Crippen molar-refractivity contribution >= 4 is 29.5 Å². The van der Waals surface area contributed by atoms with Crippen LogP contribution in [0.1, 0.15) is 19.8 Å². The van der Waals surface area contributed by atoms with E-state index < -0.39 is 29.6 Å². The third kappa shape index (κ3) is 4.52. The van der Waals surface area contributed by atoms with Crippen LogP contribution in [0.2, 0.25) is 0 Å². The number of cyclic esters (lactones) is 1. The van der Waals surface area contributed by atoms with Gasteiger partial charge in [-0.15, -0.1) is 0 Å². The van der Waals surface area contributed by atoms with Crippen molar-refractivity contribution in [1.82, 2.24) is 10.3 Å². The van der Waals surface area contributed by atoms with Gasteiger partial charge < -0.3 is 19.7 Å². The molecule has 172 valence electrons. The number of hydrogen-bond donors (Lipinski definition) is 2. The zero-order valence-corrected chi connectivity index (χ0v) is 17.8. The Balaban J connectivity index is 1.68. The number of nitrogens with zero attached hydrogens (tertiary/aromatic N) is 4. The van der Waals surface area contributed by atoms with Crippen molar-refractivity contribution in [2.75, 3.05) is 43.1 Å². The summed E-state index contributed by atoms with van der Waals surface area (Å²) in [6.07, 6.45) is -1.54. The number of anilines is 2. The Morgan fingerprint density at radius 2 is 2.12 bits per heavy atom. The van der Waals surface area contributed by atoms with Gasteiger partial charge in [-0.3, -0.25) is 9.69 Å². The maximum Gasteiger partial charge on any atom is 0.425 e. The molecule has 12 heteroatoms. The number of piperidine rings is 1. The number of hydrogen-bond acceptors (Lipinski definition) is 8. The van der Waals surface area contributed by atoms with Crippen LogP contribution in [0.3, 0.4) is 0 Å². The molecular formula is C20H25FN6O5. The first-order valence-electron chi connectivity index (χ1n) is 10.0. The summed E-state index contributed by atoms with van der Waals surface area (Å²) >= 11 is 0. The summed E-state index contributed by atoms with van der Waals surface area (Å²) in [5.74, 6) is 5.01. The number of halogens is 1. The minimum Gasteiger partial charge on any atom is -0.452 e. The molecule has 0 bridgehead atoms. The van der Waals surface area contributed by atoms with Crippen molar-refractivity contribution in [3.8, 4) is 6.07 Å². The summed E-state index contributed by atoms with van der Waals surface area (Å²) in [4.78, 5) is 38.0. The number of nitrogens with two attached hydrogens (primary N) is 1. The normalized spacial score (nSPS) is 19.7. The standard InChI is InChI=1S/C20H25FN6O5/c1-13(28)24-10-15-11-26(18(29)32-15)14-3-4-17(16(21)9-14)25-7-5-20(12-22,6-8-25)27(23)19(30)31-2/h3-4,9,15H,5-8,10-11,23H2,1-2H3,(H,24,28)/t15-/m0/s1.